The van der Waals surface area contributed by atoms with Crippen LogP contribution in [0.1, 0.15) is 328 Å². The lowest BCUT2D eigenvalue weighted by Gasteiger charge is -2.20. The van der Waals surface area contributed by atoms with E-state index in [2.05, 4.69) is 31.3 Å². The van der Waals surface area contributed by atoms with Crippen LogP contribution in [-0.4, -0.2) is 47.4 Å². The Labute approximate surface area is 418 Å². The minimum Gasteiger partial charge on any atom is -0.466 e. The molecular weight excluding hydrogens is 827 g/mol. The molecule has 0 aromatic rings. The Morgan fingerprint density at radius 3 is 1.10 bits per heavy atom. The van der Waals surface area contributed by atoms with Gasteiger partial charge in [0.1, 0.15) is 0 Å². The molecule has 396 valence electrons. The van der Waals surface area contributed by atoms with Crippen molar-refractivity contribution in [3.63, 3.8) is 0 Å². The maximum atomic E-state index is 12.5. The van der Waals surface area contributed by atoms with E-state index in [1.54, 1.807) is 6.08 Å². The molecule has 0 aliphatic carbocycles. The lowest BCUT2D eigenvalue weighted by Crippen LogP contribution is -2.45. The first-order valence-electron chi connectivity index (χ1n) is 30.1. The Morgan fingerprint density at radius 1 is 0.403 bits per heavy atom. The van der Waals surface area contributed by atoms with Crippen LogP contribution in [0.5, 0.6) is 0 Å². The number of nitrogens with one attached hydrogen (secondary N) is 1. The minimum atomic E-state index is -0.845. The fraction of sp³-hybridized carbons (Fsp3) is 0.902. The van der Waals surface area contributed by atoms with Crippen LogP contribution in [0.3, 0.4) is 0 Å². The van der Waals surface area contributed by atoms with Crippen molar-refractivity contribution < 1.29 is 24.5 Å². The van der Waals surface area contributed by atoms with Gasteiger partial charge >= 0.3 is 5.97 Å². The molecule has 2 atom stereocenters. The molecule has 0 radical (unpaired) electrons. The van der Waals surface area contributed by atoms with E-state index in [1.165, 1.54) is 257 Å². The van der Waals surface area contributed by atoms with Gasteiger partial charge in [-0.25, -0.2) is 0 Å². The Kier molecular flexibility index (Phi) is 55.5. The van der Waals surface area contributed by atoms with Crippen molar-refractivity contribution in [2.24, 2.45) is 0 Å². The van der Waals surface area contributed by atoms with E-state index >= 15 is 0 Å². The zero-order valence-electron chi connectivity index (χ0n) is 45.1. The summed E-state index contributed by atoms with van der Waals surface area (Å²) in [6, 6.07) is -0.629. The average Bonchev–Trinajstić information content (AvgIpc) is 3.33. The third kappa shape index (κ3) is 53.5. The highest BCUT2D eigenvalue weighted by Gasteiger charge is 2.18. The lowest BCUT2D eigenvalue weighted by atomic mass is 10.0. The molecule has 0 spiro atoms. The molecule has 2 unspecified atom stereocenters. The topological polar surface area (TPSA) is 95.9 Å². The molecule has 0 fully saturated rings. The highest BCUT2D eigenvalue weighted by molar-refractivity contribution is 5.76. The summed E-state index contributed by atoms with van der Waals surface area (Å²) in [5.74, 6) is -0.0662. The molecule has 6 nitrogen and oxygen atoms in total. The number of esters is 1. The summed E-state index contributed by atoms with van der Waals surface area (Å²) in [6.45, 7) is 4.88. The molecule has 0 bridgehead atoms. The Hall–Kier alpha value is -1.66. The third-order valence-corrected chi connectivity index (χ3v) is 14.0. The monoisotopic (exact) mass is 944 g/mol. The smallest absolute Gasteiger partial charge is 0.305 e. The molecular formula is C61H117NO5. The second-order valence-electron chi connectivity index (χ2n) is 20.7. The quantitative estimate of drug-likeness (QED) is 0.0321. The van der Waals surface area contributed by atoms with Crippen molar-refractivity contribution >= 4 is 11.9 Å². The summed E-state index contributed by atoms with van der Waals surface area (Å²) in [5, 5.41) is 23.2. The maximum Gasteiger partial charge on any atom is 0.305 e. The van der Waals surface area contributed by atoms with E-state index in [0.29, 0.717) is 19.4 Å². The van der Waals surface area contributed by atoms with Gasteiger partial charge in [0.05, 0.1) is 25.4 Å². The van der Waals surface area contributed by atoms with Crippen LogP contribution < -0.4 is 5.32 Å². The van der Waals surface area contributed by atoms with Crippen molar-refractivity contribution in [2.75, 3.05) is 13.2 Å². The van der Waals surface area contributed by atoms with Gasteiger partial charge in [0.15, 0.2) is 0 Å². The van der Waals surface area contributed by atoms with E-state index in [0.717, 1.165) is 44.9 Å². The first-order chi connectivity index (χ1) is 33.0. The fourth-order valence-corrected chi connectivity index (χ4v) is 9.32. The normalized spacial score (nSPS) is 12.7. The number of rotatable bonds is 56. The molecule has 0 aromatic heterocycles. The van der Waals surface area contributed by atoms with E-state index in [4.69, 9.17) is 4.74 Å². The number of hydrogen-bond donors (Lipinski definition) is 3. The summed E-state index contributed by atoms with van der Waals surface area (Å²) >= 11 is 0. The van der Waals surface area contributed by atoms with Crippen molar-refractivity contribution in [1.82, 2.24) is 5.32 Å². The predicted molar refractivity (Wildman–Crippen MR) is 292 cm³/mol. The fourth-order valence-electron chi connectivity index (χ4n) is 9.32. The summed E-state index contributed by atoms with van der Waals surface area (Å²) in [7, 11) is 0. The van der Waals surface area contributed by atoms with Gasteiger partial charge in [-0.2, -0.15) is 0 Å². The van der Waals surface area contributed by atoms with E-state index in [-0.39, 0.29) is 18.5 Å². The lowest BCUT2D eigenvalue weighted by molar-refractivity contribution is -0.143. The van der Waals surface area contributed by atoms with Gasteiger partial charge in [-0.3, -0.25) is 9.59 Å². The van der Waals surface area contributed by atoms with Crippen molar-refractivity contribution in [2.45, 2.75) is 341 Å². The SMILES string of the molecule is CCCC/C=C\CCCCCCCC(=O)OCCCCCCCCCCCCCCCCCCCCCCCC(=O)NC(CO)C(O)/C=C/CCCCCCCCCCCCCCCCCC. The summed E-state index contributed by atoms with van der Waals surface area (Å²) < 4.78 is 5.46. The van der Waals surface area contributed by atoms with E-state index in [9.17, 15) is 19.8 Å². The Morgan fingerprint density at radius 2 is 0.716 bits per heavy atom. The number of aliphatic hydroxyl groups excluding tert-OH is 2. The van der Waals surface area contributed by atoms with Crippen LogP contribution in [0.4, 0.5) is 0 Å². The maximum absolute atomic E-state index is 12.5. The number of ether oxygens (including phenoxy) is 1. The summed E-state index contributed by atoms with van der Waals surface area (Å²) in [6.07, 6.45) is 69.2. The van der Waals surface area contributed by atoms with Gasteiger partial charge in [0, 0.05) is 12.8 Å². The van der Waals surface area contributed by atoms with Crippen LogP contribution in [-0.2, 0) is 14.3 Å². The molecule has 0 saturated carbocycles. The van der Waals surface area contributed by atoms with Gasteiger partial charge in [0.2, 0.25) is 5.91 Å². The number of carbonyl (C=O) groups is 2. The van der Waals surface area contributed by atoms with Crippen LogP contribution in [0.25, 0.3) is 0 Å². The van der Waals surface area contributed by atoms with Gasteiger partial charge in [-0.1, -0.05) is 289 Å². The van der Waals surface area contributed by atoms with Crippen molar-refractivity contribution in [3.8, 4) is 0 Å². The molecule has 0 rings (SSSR count). The van der Waals surface area contributed by atoms with Crippen molar-refractivity contribution in [3.05, 3.63) is 24.3 Å². The van der Waals surface area contributed by atoms with Gasteiger partial charge in [-0.15, -0.1) is 0 Å². The first kappa shape index (κ1) is 65.3. The Bertz CT molecular complexity index is 1040. The van der Waals surface area contributed by atoms with E-state index < -0.39 is 12.1 Å². The number of unbranched alkanes of at least 4 members (excludes halogenated alkanes) is 43. The van der Waals surface area contributed by atoms with Gasteiger partial charge < -0.3 is 20.3 Å². The van der Waals surface area contributed by atoms with Crippen molar-refractivity contribution in [1.29, 1.82) is 0 Å². The minimum absolute atomic E-state index is 0.000492. The molecule has 1 amide bonds. The molecule has 0 aliphatic heterocycles. The number of aliphatic hydroxyl groups is 2. The second kappa shape index (κ2) is 56.9. The number of carbonyl (C=O) groups excluding carboxylic acids is 2. The number of hydrogen-bond acceptors (Lipinski definition) is 5. The average molecular weight is 945 g/mol. The molecule has 0 aliphatic rings. The Balaban J connectivity index is 3.42. The largest absolute Gasteiger partial charge is 0.466 e. The zero-order valence-corrected chi connectivity index (χ0v) is 45.1. The molecule has 3 N–H and O–H groups in total. The molecule has 0 saturated heterocycles. The number of allylic oxidation sites excluding steroid dienone is 3. The van der Waals surface area contributed by atoms with Crippen LogP contribution in [0.15, 0.2) is 24.3 Å². The van der Waals surface area contributed by atoms with Crippen LogP contribution in [0, 0.1) is 0 Å². The predicted octanol–water partition coefficient (Wildman–Crippen LogP) is 18.6. The second-order valence-corrected chi connectivity index (χ2v) is 20.7. The summed E-state index contributed by atoms with van der Waals surface area (Å²) in [5.41, 5.74) is 0. The summed E-state index contributed by atoms with van der Waals surface area (Å²) in [4.78, 5) is 24.5. The van der Waals surface area contributed by atoms with E-state index in [1.807, 2.05) is 6.08 Å². The zero-order chi connectivity index (χ0) is 48.6. The standard InChI is InChI=1S/C61H117NO5/c1-3-5-7-9-11-13-15-16-17-18-24-27-30-34-37-41-45-49-53-59(64)58(57-63)62-60(65)54-50-46-42-38-35-31-28-25-22-20-19-21-23-26-29-32-36-40-44-48-52-56-67-61(66)55-51-47-43-39-33-14-12-10-8-6-4-2/h10,12,49,53,58-59,63-64H,3-9,11,13-48,50-52,54-57H2,1-2H3,(H,62,65)/b12-10-,53-49+. The number of amides is 1. The molecule has 6 heteroatoms. The molecule has 0 heterocycles. The van der Waals surface area contributed by atoms with Crippen LogP contribution >= 0.6 is 0 Å². The molecule has 67 heavy (non-hydrogen) atoms. The highest BCUT2D eigenvalue weighted by Crippen LogP contribution is 2.17. The first-order valence-corrected chi connectivity index (χ1v) is 30.1. The van der Waals surface area contributed by atoms with Gasteiger partial charge in [0.25, 0.3) is 0 Å². The highest BCUT2D eigenvalue weighted by atomic mass is 16.5. The van der Waals surface area contributed by atoms with Gasteiger partial charge in [-0.05, 0) is 51.4 Å². The third-order valence-electron chi connectivity index (χ3n) is 14.0. The molecule has 0 aromatic carbocycles. The van der Waals surface area contributed by atoms with Crippen LogP contribution in [0.2, 0.25) is 0 Å².